The summed E-state index contributed by atoms with van der Waals surface area (Å²) in [4.78, 5) is 0. The van der Waals surface area contributed by atoms with Crippen LogP contribution in [0.15, 0.2) is 18.2 Å². The van der Waals surface area contributed by atoms with Crippen LogP contribution < -0.4 is 10.5 Å². The van der Waals surface area contributed by atoms with Crippen molar-refractivity contribution in [3.05, 3.63) is 23.8 Å². The number of anilines is 1. The maximum absolute atomic E-state index is 12.0. The van der Waals surface area contributed by atoms with Crippen LogP contribution in [0.2, 0.25) is 0 Å². The van der Waals surface area contributed by atoms with Crippen LogP contribution in [0.3, 0.4) is 0 Å². The number of nitrogen functional groups attached to an aromatic ring is 1. The second-order valence-corrected chi connectivity index (χ2v) is 5.84. The third-order valence-electron chi connectivity index (χ3n) is 2.79. The first-order valence-corrected chi connectivity index (χ1v) is 7.33. The molecule has 0 fully saturated rings. The highest BCUT2D eigenvalue weighted by molar-refractivity contribution is 7.84. The van der Waals surface area contributed by atoms with Crippen LogP contribution in [0.5, 0.6) is 5.75 Å². The first kappa shape index (κ1) is 14.0. The summed E-state index contributed by atoms with van der Waals surface area (Å²) in [5.41, 5.74) is 7.34. The maximum atomic E-state index is 12.0. The molecule has 0 saturated heterocycles. The van der Waals surface area contributed by atoms with E-state index in [1.54, 1.807) is 13.2 Å². The fourth-order valence-electron chi connectivity index (χ4n) is 1.58. The summed E-state index contributed by atoms with van der Waals surface area (Å²) < 4.78 is 17.2. The zero-order valence-electron chi connectivity index (χ0n) is 10.7. The summed E-state index contributed by atoms with van der Waals surface area (Å²) in [7, 11) is 0.761. The minimum atomic E-state index is -0.857. The Morgan fingerprint density at radius 3 is 2.76 bits per heavy atom. The van der Waals surface area contributed by atoms with Gasteiger partial charge in [-0.1, -0.05) is 20.3 Å². The van der Waals surface area contributed by atoms with E-state index in [-0.39, 0.29) is 0 Å². The molecular weight excluding hydrogens is 234 g/mol. The second-order valence-electron chi connectivity index (χ2n) is 4.34. The smallest absolute Gasteiger partial charge is 0.123 e. The van der Waals surface area contributed by atoms with Crippen molar-refractivity contribution in [3.63, 3.8) is 0 Å². The lowest BCUT2D eigenvalue weighted by Crippen LogP contribution is -2.09. The molecule has 0 aromatic heterocycles. The minimum absolute atomic E-state index is 0.489. The molecule has 1 rings (SSSR count). The minimum Gasteiger partial charge on any atom is -0.496 e. The number of nitrogens with two attached hydrogens (primary N) is 1. The number of hydrogen-bond acceptors (Lipinski definition) is 3. The van der Waals surface area contributed by atoms with E-state index in [0.29, 0.717) is 17.4 Å². The zero-order valence-corrected chi connectivity index (χ0v) is 11.5. The van der Waals surface area contributed by atoms with Crippen molar-refractivity contribution in [2.24, 2.45) is 5.92 Å². The standard InChI is InChI=1S/C13H21NO2S/c1-4-10(2)8-17(15)9-11-7-12(14)5-6-13(11)16-3/h5-7,10H,4,8-9,14H2,1-3H3. The van der Waals surface area contributed by atoms with Gasteiger partial charge in [-0.05, 0) is 24.1 Å². The van der Waals surface area contributed by atoms with Crippen LogP contribution in [-0.4, -0.2) is 17.1 Å². The predicted octanol–water partition coefficient (Wildman–Crippen LogP) is 2.57. The van der Waals surface area contributed by atoms with Gasteiger partial charge in [-0.3, -0.25) is 4.21 Å². The van der Waals surface area contributed by atoms with Crippen molar-refractivity contribution in [3.8, 4) is 5.75 Å². The van der Waals surface area contributed by atoms with Crippen molar-refractivity contribution in [2.45, 2.75) is 26.0 Å². The molecule has 1 aromatic carbocycles. The van der Waals surface area contributed by atoms with E-state index >= 15 is 0 Å². The second kappa shape index (κ2) is 6.64. The molecule has 17 heavy (non-hydrogen) atoms. The highest BCUT2D eigenvalue weighted by Gasteiger charge is 2.10. The van der Waals surface area contributed by atoms with Gasteiger partial charge in [0, 0.05) is 27.8 Å². The zero-order chi connectivity index (χ0) is 12.8. The van der Waals surface area contributed by atoms with E-state index in [9.17, 15) is 4.21 Å². The van der Waals surface area contributed by atoms with E-state index in [2.05, 4.69) is 13.8 Å². The van der Waals surface area contributed by atoms with Gasteiger partial charge in [-0.2, -0.15) is 0 Å². The normalized spacial score (nSPS) is 14.3. The summed E-state index contributed by atoms with van der Waals surface area (Å²) in [6.45, 7) is 4.23. The topological polar surface area (TPSA) is 52.3 Å². The Kier molecular flexibility index (Phi) is 5.48. The van der Waals surface area contributed by atoms with Crippen LogP contribution in [0.25, 0.3) is 0 Å². The third kappa shape index (κ3) is 4.38. The van der Waals surface area contributed by atoms with Crippen molar-refractivity contribution < 1.29 is 8.95 Å². The van der Waals surface area contributed by atoms with Crippen LogP contribution in [0.4, 0.5) is 5.69 Å². The summed E-state index contributed by atoms with van der Waals surface area (Å²) in [5, 5.41) is 0. The molecule has 96 valence electrons. The summed E-state index contributed by atoms with van der Waals surface area (Å²) in [6, 6.07) is 5.46. The van der Waals surface area contributed by atoms with Gasteiger partial charge in [0.2, 0.25) is 0 Å². The van der Waals surface area contributed by atoms with Gasteiger partial charge in [0.1, 0.15) is 5.75 Å². The van der Waals surface area contributed by atoms with Crippen molar-refractivity contribution in [1.82, 2.24) is 0 Å². The lowest BCUT2D eigenvalue weighted by Gasteiger charge is -2.11. The lowest BCUT2D eigenvalue weighted by atomic mass is 10.2. The molecule has 0 heterocycles. The van der Waals surface area contributed by atoms with E-state index in [1.165, 1.54) is 0 Å². The van der Waals surface area contributed by atoms with Crippen LogP contribution in [-0.2, 0) is 16.6 Å². The third-order valence-corrected chi connectivity index (χ3v) is 4.36. The Labute approximate surface area is 106 Å². The molecule has 0 saturated carbocycles. The van der Waals surface area contributed by atoms with Gasteiger partial charge in [0.25, 0.3) is 0 Å². The number of hydrogen-bond donors (Lipinski definition) is 1. The lowest BCUT2D eigenvalue weighted by molar-refractivity contribution is 0.411. The molecule has 2 unspecified atom stereocenters. The maximum Gasteiger partial charge on any atom is 0.123 e. The summed E-state index contributed by atoms with van der Waals surface area (Å²) >= 11 is 0. The Hall–Kier alpha value is -1.03. The van der Waals surface area contributed by atoms with E-state index in [0.717, 1.165) is 23.5 Å². The fraction of sp³-hybridized carbons (Fsp3) is 0.538. The van der Waals surface area contributed by atoms with Gasteiger partial charge in [0.05, 0.1) is 12.9 Å². The van der Waals surface area contributed by atoms with Crippen LogP contribution in [0.1, 0.15) is 25.8 Å². The number of methoxy groups -OCH3 is 1. The van der Waals surface area contributed by atoms with Crippen molar-refractivity contribution >= 4 is 16.5 Å². The molecule has 2 N–H and O–H groups in total. The molecule has 3 nitrogen and oxygen atoms in total. The highest BCUT2D eigenvalue weighted by atomic mass is 32.2. The molecule has 0 aliphatic carbocycles. The summed E-state index contributed by atoms with van der Waals surface area (Å²) in [5.74, 6) is 2.49. The quantitative estimate of drug-likeness (QED) is 0.795. The first-order valence-electron chi connectivity index (χ1n) is 5.84. The van der Waals surface area contributed by atoms with Gasteiger partial charge >= 0.3 is 0 Å². The number of benzene rings is 1. The molecule has 4 heteroatoms. The van der Waals surface area contributed by atoms with Gasteiger partial charge < -0.3 is 10.5 Å². The van der Waals surface area contributed by atoms with E-state index in [4.69, 9.17) is 10.5 Å². The molecule has 0 bridgehead atoms. The van der Waals surface area contributed by atoms with Gasteiger partial charge in [0.15, 0.2) is 0 Å². The monoisotopic (exact) mass is 255 g/mol. The number of ether oxygens (including phenoxy) is 1. The van der Waals surface area contributed by atoms with Crippen LogP contribution in [0, 0.1) is 5.92 Å². The Balaban J connectivity index is 2.73. The Morgan fingerprint density at radius 1 is 1.47 bits per heavy atom. The average Bonchev–Trinajstić information content (AvgIpc) is 2.29. The first-order chi connectivity index (χ1) is 8.06. The predicted molar refractivity (Wildman–Crippen MR) is 73.6 cm³/mol. The highest BCUT2D eigenvalue weighted by Crippen LogP contribution is 2.23. The molecule has 0 amide bonds. The average molecular weight is 255 g/mol. The Bertz CT molecular complexity index is 393. The molecule has 2 atom stereocenters. The molecule has 0 spiro atoms. The fourth-order valence-corrected chi connectivity index (χ4v) is 3.14. The largest absolute Gasteiger partial charge is 0.496 e. The number of rotatable bonds is 6. The van der Waals surface area contributed by atoms with E-state index < -0.39 is 10.8 Å². The molecule has 0 aliphatic rings. The van der Waals surface area contributed by atoms with Crippen molar-refractivity contribution in [2.75, 3.05) is 18.6 Å². The van der Waals surface area contributed by atoms with Gasteiger partial charge in [-0.15, -0.1) is 0 Å². The van der Waals surface area contributed by atoms with Crippen molar-refractivity contribution in [1.29, 1.82) is 0 Å². The molecule has 0 radical (unpaired) electrons. The van der Waals surface area contributed by atoms with Crippen LogP contribution >= 0.6 is 0 Å². The molecule has 0 aliphatic heterocycles. The van der Waals surface area contributed by atoms with E-state index in [1.807, 2.05) is 12.1 Å². The SMILES string of the molecule is CCC(C)CS(=O)Cc1cc(N)ccc1OC. The molecule has 1 aromatic rings. The molecular formula is C13H21NO2S. The Morgan fingerprint density at radius 2 is 2.18 bits per heavy atom. The summed E-state index contributed by atoms with van der Waals surface area (Å²) in [6.07, 6.45) is 1.06. The van der Waals surface area contributed by atoms with Gasteiger partial charge in [-0.25, -0.2) is 0 Å².